The van der Waals surface area contributed by atoms with Crippen molar-refractivity contribution in [3.05, 3.63) is 40.8 Å². The molecule has 0 aliphatic carbocycles. The van der Waals surface area contributed by atoms with Crippen molar-refractivity contribution >= 4 is 0 Å². The van der Waals surface area contributed by atoms with Gasteiger partial charge in [0.05, 0.1) is 23.8 Å². The fourth-order valence-corrected chi connectivity index (χ4v) is 1.26. The molecule has 0 atom stereocenters. The molecular formula is C11H9F3NO. The topological polar surface area (TPSA) is 44.0 Å². The van der Waals surface area contributed by atoms with Gasteiger partial charge in [-0.1, -0.05) is 6.92 Å². The van der Waals surface area contributed by atoms with Crippen LogP contribution < -0.4 is 0 Å². The van der Waals surface area contributed by atoms with E-state index in [2.05, 4.69) is 0 Å². The molecule has 1 radical (unpaired) electrons. The van der Waals surface area contributed by atoms with Gasteiger partial charge >= 0.3 is 6.18 Å². The molecule has 85 valence electrons. The van der Waals surface area contributed by atoms with Crippen LogP contribution >= 0.6 is 0 Å². The quantitative estimate of drug-likeness (QED) is 0.845. The summed E-state index contributed by atoms with van der Waals surface area (Å²) in [5, 5.41) is 17.6. The monoisotopic (exact) mass is 228 g/mol. The van der Waals surface area contributed by atoms with Gasteiger partial charge in [0, 0.05) is 5.92 Å². The third-order valence-electron chi connectivity index (χ3n) is 2.16. The third-order valence-corrected chi connectivity index (χ3v) is 2.16. The minimum atomic E-state index is -4.45. The van der Waals surface area contributed by atoms with Gasteiger partial charge < -0.3 is 5.11 Å². The maximum absolute atomic E-state index is 12.4. The maximum atomic E-state index is 12.4. The van der Waals surface area contributed by atoms with Crippen molar-refractivity contribution in [1.82, 2.24) is 0 Å². The van der Waals surface area contributed by atoms with Crippen LogP contribution in [0.3, 0.4) is 0 Å². The van der Waals surface area contributed by atoms with Gasteiger partial charge in [0.2, 0.25) is 0 Å². The number of hydrogen-bond donors (Lipinski definition) is 1. The molecule has 0 heterocycles. The van der Waals surface area contributed by atoms with Crippen molar-refractivity contribution in [3.63, 3.8) is 0 Å². The van der Waals surface area contributed by atoms with Gasteiger partial charge in [-0.25, -0.2) is 0 Å². The lowest BCUT2D eigenvalue weighted by Gasteiger charge is -2.13. The first-order valence-electron chi connectivity index (χ1n) is 4.45. The van der Waals surface area contributed by atoms with Gasteiger partial charge in [-0.2, -0.15) is 18.4 Å². The minimum Gasteiger partial charge on any atom is -0.395 e. The molecule has 0 aliphatic heterocycles. The highest BCUT2D eigenvalue weighted by atomic mass is 19.4. The molecule has 0 aromatic heterocycles. The zero-order valence-corrected chi connectivity index (χ0v) is 8.47. The van der Waals surface area contributed by atoms with Crippen LogP contribution in [0.1, 0.15) is 23.6 Å². The summed E-state index contributed by atoms with van der Waals surface area (Å²) >= 11 is 0. The summed E-state index contributed by atoms with van der Waals surface area (Å²) in [6, 6.07) is 4.63. The van der Waals surface area contributed by atoms with Crippen LogP contribution in [-0.2, 0) is 6.18 Å². The van der Waals surface area contributed by atoms with Crippen molar-refractivity contribution in [2.24, 2.45) is 0 Å². The minimum absolute atomic E-state index is 0.125. The van der Waals surface area contributed by atoms with E-state index in [-0.39, 0.29) is 17.7 Å². The van der Waals surface area contributed by atoms with Crippen molar-refractivity contribution in [1.29, 1.82) is 5.26 Å². The third kappa shape index (κ3) is 2.52. The standard InChI is InChI=1S/C11H9F3NO/c1-7(6-16)10-4-9(11(12,13)14)3-2-8(10)5-15/h2-4,16H,6H2,1H3. The van der Waals surface area contributed by atoms with Crippen LogP contribution in [0.25, 0.3) is 0 Å². The summed E-state index contributed by atoms with van der Waals surface area (Å²) in [4.78, 5) is 0. The van der Waals surface area contributed by atoms with Gasteiger partial charge in [-0.15, -0.1) is 0 Å². The number of rotatable bonds is 2. The highest BCUT2D eigenvalue weighted by Gasteiger charge is 2.31. The molecule has 1 aromatic rings. The Morgan fingerprint density at radius 3 is 2.50 bits per heavy atom. The van der Waals surface area contributed by atoms with Crippen molar-refractivity contribution in [3.8, 4) is 6.07 Å². The van der Waals surface area contributed by atoms with E-state index in [4.69, 9.17) is 10.4 Å². The molecule has 0 aliphatic rings. The van der Waals surface area contributed by atoms with Gasteiger partial charge in [0.25, 0.3) is 0 Å². The average molecular weight is 228 g/mol. The van der Waals surface area contributed by atoms with E-state index < -0.39 is 11.7 Å². The number of hydrogen-bond acceptors (Lipinski definition) is 2. The molecule has 0 spiro atoms. The zero-order chi connectivity index (χ0) is 12.3. The van der Waals surface area contributed by atoms with Crippen molar-refractivity contribution in [2.75, 3.05) is 6.61 Å². The largest absolute Gasteiger partial charge is 0.416 e. The molecule has 2 nitrogen and oxygen atoms in total. The molecule has 5 heteroatoms. The number of aliphatic hydroxyl groups is 1. The molecule has 0 fully saturated rings. The summed E-state index contributed by atoms with van der Waals surface area (Å²) in [6.07, 6.45) is -4.45. The van der Waals surface area contributed by atoms with E-state index in [0.717, 1.165) is 18.2 Å². The summed E-state index contributed by atoms with van der Waals surface area (Å²) < 4.78 is 37.2. The van der Waals surface area contributed by atoms with Crippen LogP contribution in [0.15, 0.2) is 18.2 Å². The Bertz CT molecular complexity index is 420. The molecule has 1 rings (SSSR count). The number of benzene rings is 1. The highest BCUT2D eigenvalue weighted by Crippen LogP contribution is 2.32. The smallest absolute Gasteiger partial charge is 0.395 e. The molecule has 16 heavy (non-hydrogen) atoms. The number of halogens is 3. The highest BCUT2D eigenvalue weighted by molar-refractivity contribution is 5.47. The van der Waals surface area contributed by atoms with Crippen LogP contribution in [-0.4, -0.2) is 11.7 Å². The first-order chi connectivity index (χ1) is 7.40. The Labute approximate surface area is 90.9 Å². The van der Waals surface area contributed by atoms with E-state index in [0.29, 0.717) is 5.92 Å². The summed E-state index contributed by atoms with van der Waals surface area (Å²) in [6.45, 7) is 1.10. The molecule has 0 saturated carbocycles. The Morgan fingerprint density at radius 2 is 2.06 bits per heavy atom. The van der Waals surface area contributed by atoms with Crippen LogP contribution in [0.5, 0.6) is 0 Å². The van der Waals surface area contributed by atoms with Crippen LogP contribution in [0, 0.1) is 17.2 Å². The second kappa shape index (κ2) is 4.54. The normalized spacial score (nSPS) is 11.6. The van der Waals surface area contributed by atoms with Gasteiger partial charge in [-0.3, -0.25) is 0 Å². The van der Waals surface area contributed by atoms with E-state index in [1.807, 2.05) is 0 Å². The second-order valence-electron chi connectivity index (χ2n) is 3.31. The lowest BCUT2D eigenvalue weighted by Crippen LogP contribution is -2.09. The molecule has 1 aromatic carbocycles. The average Bonchev–Trinajstić information content (AvgIpc) is 2.25. The van der Waals surface area contributed by atoms with Gasteiger partial charge in [0.15, 0.2) is 0 Å². The lowest BCUT2D eigenvalue weighted by atomic mass is 9.94. The van der Waals surface area contributed by atoms with E-state index in [1.54, 1.807) is 6.07 Å². The van der Waals surface area contributed by atoms with Crippen LogP contribution in [0.4, 0.5) is 13.2 Å². The number of alkyl halides is 3. The molecular weight excluding hydrogens is 219 g/mol. The fraction of sp³-hybridized carbons (Fsp3) is 0.273. The Hall–Kier alpha value is -1.54. The Kier molecular flexibility index (Phi) is 3.55. The molecule has 0 saturated heterocycles. The second-order valence-corrected chi connectivity index (χ2v) is 3.31. The fourth-order valence-electron chi connectivity index (χ4n) is 1.26. The summed E-state index contributed by atoms with van der Waals surface area (Å²) in [5.74, 6) is 0.336. The van der Waals surface area contributed by atoms with Crippen LogP contribution in [0.2, 0.25) is 0 Å². The van der Waals surface area contributed by atoms with E-state index in [9.17, 15) is 13.2 Å². The predicted octanol–water partition coefficient (Wildman–Crippen LogP) is 2.51. The van der Waals surface area contributed by atoms with Gasteiger partial charge in [0.1, 0.15) is 0 Å². The first kappa shape index (κ1) is 12.5. The van der Waals surface area contributed by atoms with Gasteiger partial charge in [-0.05, 0) is 23.8 Å². The summed E-state index contributed by atoms with van der Waals surface area (Å²) in [5.41, 5.74) is -0.561. The summed E-state index contributed by atoms with van der Waals surface area (Å²) in [7, 11) is 0. The number of nitrogens with zero attached hydrogens (tertiary/aromatic N) is 1. The van der Waals surface area contributed by atoms with Crippen molar-refractivity contribution < 1.29 is 18.3 Å². The van der Waals surface area contributed by atoms with E-state index >= 15 is 0 Å². The number of aliphatic hydroxyl groups excluding tert-OH is 1. The van der Waals surface area contributed by atoms with Crippen molar-refractivity contribution in [2.45, 2.75) is 13.1 Å². The molecule has 0 amide bonds. The predicted molar refractivity (Wildman–Crippen MR) is 51.3 cm³/mol. The van der Waals surface area contributed by atoms with E-state index in [1.165, 1.54) is 6.92 Å². The molecule has 0 bridgehead atoms. The number of nitriles is 1. The first-order valence-corrected chi connectivity index (χ1v) is 4.45. The maximum Gasteiger partial charge on any atom is 0.416 e. The molecule has 0 unspecified atom stereocenters. The Morgan fingerprint density at radius 1 is 1.44 bits per heavy atom. The Balaban J connectivity index is 3.28. The lowest BCUT2D eigenvalue weighted by molar-refractivity contribution is -0.137. The molecule has 1 N–H and O–H groups in total. The SMILES string of the molecule is C[C](CO)c1cc(C(F)(F)F)ccc1C#N. The zero-order valence-electron chi connectivity index (χ0n) is 8.47.